The molecule has 1 fully saturated rings. The van der Waals surface area contributed by atoms with Gasteiger partial charge in [-0.2, -0.15) is 0 Å². The maximum atomic E-state index is 12.4. The number of nitrogens with zero attached hydrogens (tertiary/aromatic N) is 1. The molecule has 2 heterocycles. The number of nitrogens with one attached hydrogen (secondary N) is 2. The number of rotatable bonds is 5. The second-order valence-corrected chi connectivity index (χ2v) is 6.14. The molecule has 0 spiro atoms. The van der Waals surface area contributed by atoms with Crippen LogP contribution < -0.4 is 15.4 Å². The maximum absolute atomic E-state index is 12.4. The Hall–Kier alpha value is -2.34. The number of aromatic nitrogens is 1. The number of amides is 1. The van der Waals surface area contributed by atoms with Gasteiger partial charge in [-0.1, -0.05) is 11.2 Å². The third-order valence-electron chi connectivity index (χ3n) is 4.29. The predicted molar refractivity (Wildman–Crippen MR) is 90.1 cm³/mol. The Morgan fingerprint density at radius 1 is 1.46 bits per heavy atom. The average molecular weight is 329 g/mol. The lowest BCUT2D eigenvalue weighted by Gasteiger charge is -2.23. The minimum atomic E-state index is -0.0634. The molecule has 2 N–H and O–H groups in total. The van der Waals surface area contributed by atoms with E-state index in [-0.39, 0.29) is 11.9 Å². The van der Waals surface area contributed by atoms with Crippen LogP contribution in [-0.2, 0) is 6.61 Å². The van der Waals surface area contributed by atoms with Crippen LogP contribution in [0.25, 0.3) is 0 Å². The van der Waals surface area contributed by atoms with Crippen LogP contribution in [0.5, 0.6) is 5.75 Å². The van der Waals surface area contributed by atoms with E-state index in [0.717, 1.165) is 42.9 Å². The van der Waals surface area contributed by atoms with Crippen LogP contribution >= 0.6 is 0 Å². The zero-order chi connectivity index (χ0) is 16.9. The SMILES string of the molecule is Cc1noc(C)c1COc1cccc(C(=O)N[C@H]2CCCNC2)c1. The lowest BCUT2D eigenvalue weighted by molar-refractivity contribution is 0.0930. The number of hydrogen-bond acceptors (Lipinski definition) is 5. The van der Waals surface area contributed by atoms with Gasteiger partial charge in [0.1, 0.15) is 18.1 Å². The molecule has 24 heavy (non-hydrogen) atoms. The molecule has 0 unspecified atom stereocenters. The van der Waals surface area contributed by atoms with E-state index in [1.54, 1.807) is 12.1 Å². The van der Waals surface area contributed by atoms with Gasteiger partial charge in [-0.3, -0.25) is 4.79 Å². The Kier molecular flexibility index (Phi) is 5.15. The first-order valence-electron chi connectivity index (χ1n) is 8.29. The number of hydrogen-bond donors (Lipinski definition) is 2. The first-order valence-corrected chi connectivity index (χ1v) is 8.29. The van der Waals surface area contributed by atoms with Gasteiger partial charge in [0, 0.05) is 18.2 Å². The van der Waals surface area contributed by atoms with Crippen LogP contribution in [0.4, 0.5) is 0 Å². The van der Waals surface area contributed by atoms with Crippen molar-refractivity contribution in [3.8, 4) is 5.75 Å². The Bertz CT molecular complexity index is 686. The molecule has 2 aromatic rings. The fourth-order valence-electron chi connectivity index (χ4n) is 2.83. The van der Waals surface area contributed by atoms with E-state index in [0.29, 0.717) is 17.9 Å². The van der Waals surface area contributed by atoms with Gasteiger partial charge in [-0.15, -0.1) is 0 Å². The molecule has 0 aliphatic carbocycles. The number of carbonyl (C=O) groups is 1. The van der Waals surface area contributed by atoms with Crippen molar-refractivity contribution >= 4 is 5.91 Å². The molecule has 0 bridgehead atoms. The van der Waals surface area contributed by atoms with Crippen LogP contribution in [0.2, 0.25) is 0 Å². The van der Waals surface area contributed by atoms with Gasteiger partial charge >= 0.3 is 0 Å². The van der Waals surface area contributed by atoms with Crippen molar-refractivity contribution < 1.29 is 14.1 Å². The molecule has 0 radical (unpaired) electrons. The van der Waals surface area contributed by atoms with Gasteiger partial charge in [-0.25, -0.2) is 0 Å². The Balaban J connectivity index is 1.62. The minimum Gasteiger partial charge on any atom is -0.489 e. The summed E-state index contributed by atoms with van der Waals surface area (Å²) < 4.78 is 10.9. The van der Waals surface area contributed by atoms with Gasteiger partial charge in [0.25, 0.3) is 5.91 Å². The molecule has 128 valence electrons. The summed E-state index contributed by atoms with van der Waals surface area (Å²) in [4.78, 5) is 12.4. The predicted octanol–water partition coefficient (Wildman–Crippen LogP) is 2.35. The highest BCUT2D eigenvalue weighted by atomic mass is 16.5. The van der Waals surface area contributed by atoms with E-state index in [4.69, 9.17) is 9.26 Å². The van der Waals surface area contributed by atoms with Gasteiger partial charge in [0.15, 0.2) is 0 Å². The molecular weight excluding hydrogens is 306 g/mol. The van der Waals surface area contributed by atoms with Crippen LogP contribution in [0.15, 0.2) is 28.8 Å². The quantitative estimate of drug-likeness (QED) is 0.880. The second kappa shape index (κ2) is 7.49. The van der Waals surface area contributed by atoms with Crippen LogP contribution in [-0.4, -0.2) is 30.2 Å². The Labute approximate surface area is 141 Å². The van der Waals surface area contributed by atoms with Gasteiger partial charge in [0.05, 0.1) is 11.3 Å². The van der Waals surface area contributed by atoms with Crippen LogP contribution in [0.1, 0.15) is 40.2 Å². The molecule has 1 amide bonds. The van der Waals surface area contributed by atoms with E-state index in [2.05, 4.69) is 15.8 Å². The van der Waals surface area contributed by atoms with Crippen molar-refractivity contribution in [2.45, 2.75) is 39.3 Å². The van der Waals surface area contributed by atoms with Crippen LogP contribution in [0.3, 0.4) is 0 Å². The van der Waals surface area contributed by atoms with Crippen molar-refractivity contribution in [1.29, 1.82) is 0 Å². The summed E-state index contributed by atoms with van der Waals surface area (Å²) >= 11 is 0. The topological polar surface area (TPSA) is 76.4 Å². The number of aryl methyl sites for hydroxylation is 2. The molecule has 1 aliphatic heterocycles. The number of ether oxygens (including phenoxy) is 1. The highest BCUT2D eigenvalue weighted by Gasteiger charge is 2.17. The highest BCUT2D eigenvalue weighted by molar-refractivity contribution is 5.94. The summed E-state index contributed by atoms with van der Waals surface area (Å²) in [5.74, 6) is 1.35. The fraction of sp³-hybridized carbons (Fsp3) is 0.444. The fourth-order valence-corrected chi connectivity index (χ4v) is 2.83. The third-order valence-corrected chi connectivity index (χ3v) is 4.29. The highest BCUT2D eigenvalue weighted by Crippen LogP contribution is 2.18. The van der Waals surface area contributed by atoms with Gasteiger partial charge < -0.3 is 19.9 Å². The second-order valence-electron chi connectivity index (χ2n) is 6.14. The van der Waals surface area contributed by atoms with E-state index in [1.807, 2.05) is 26.0 Å². The van der Waals surface area contributed by atoms with Gasteiger partial charge in [0.2, 0.25) is 0 Å². The van der Waals surface area contributed by atoms with E-state index in [9.17, 15) is 4.79 Å². The van der Waals surface area contributed by atoms with Crippen molar-refractivity contribution in [1.82, 2.24) is 15.8 Å². The molecular formula is C18H23N3O3. The monoisotopic (exact) mass is 329 g/mol. The average Bonchev–Trinajstić information content (AvgIpc) is 2.92. The number of piperidine rings is 1. The summed E-state index contributed by atoms with van der Waals surface area (Å²) in [5.41, 5.74) is 2.38. The number of carbonyl (C=O) groups excluding carboxylic acids is 1. The van der Waals surface area contributed by atoms with Crippen molar-refractivity contribution in [3.63, 3.8) is 0 Å². The molecule has 6 heteroatoms. The molecule has 6 nitrogen and oxygen atoms in total. The maximum Gasteiger partial charge on any atom is 0.251 e. The molecule has 3 rings (SSSR count). The Morgan fingerprint density at radius 2 is 2.33 bits per heavy atom. The summed E-state index contributed by atoms with van der Waals surface area (Å²) in [6, 6.07) is 7.43. The summed E-state index contributed by atoms with van der Waals surface area (Å²) in [7, 11) is 0. The molecule has 1 saturated heterocycles. The van der Waals surface area contributed by atoms with Gasteiger partial charge in [-0.05, 0) is 51.4 Å². The lowest BCUT2D eigenvalue weighted by atomic mass is 10.1. The standard InChI is InChI=1S/C18H23N3O3/c1-12-17(13(2)24-21-12)11-23-16-7-3-5-14(9-16)18(22)20-15-6-4-8-19-10-15/h3,5,7,9,15,19H,4,6,8,10-11H2,1-2H3,(H,20,22)/t15-/m0/s1. The van der Waals surface area contributed by atoms with Crippen molar-refractivity contribution in [3.05, 3.63) is 46.8 Å². The summed E-state index contributed by atoms with van der Waals surface area (Å²) in [6.07, 6.45) is 2.10. The lowest BCUT2D eigenvalue weighted by Crippen LogP contribution is -2.45. The Morgan fingerprint density at radius 3 is 3.04 bits per heavy atom. The molecule has 1 aliphatic rings. The first-order chi connectivity index (χ1) is 11.6. The minimum absolute atomic E-state index is 0.0634. The zero-order valence-electron chi connectivity index (χ0n) is 14.1. The molecule has 0 saturated carbocycles. The summed E-state index contributed by atoms with van der Waals surface area (Å²) in [5, 5.41) is 10.3. The zero-order valence-corrected chi connectivity index (χ0v) is 14.1. The largest absolute Gasteiger partial charge is 0.489 e. The van der Waals surface area contributed by atoms with E-state index in [1.165, 1.54) is 0 Å². The molecule has 1 atom stereocenters. The van der Waals surface area contributed by atoms with E-state index >= 15 is 0 Å². The van der Waals surface area contributed by atoms with E-state index < -0.39 is 0 Å². The summed E-state index contributed by atoms with van der Waals surface area (Å²) in [6.45, 7) is 5.97. The first kappa shape index (κ1) is 16.5. The van der Waals surface area contributed by atoms with Crippen LogP contribution in [0, 0.1) is 13.8 Å². The molecule has 1 aromatic heterocycles. The third kappa shape index (κ3) is 3.94. The van der Waals surface area contributed by atoms with Crippen molar-refractivity contribution in [2.24, 2.45) is 0 Å². The normalized spacial score (nSPS) is 17.5. The number of benzene rings is 1. The smallest absolute Gasteiger partial charge is 0.251 e. The van der Waals surface area contributed by atoms with Crippen molar-refractivity contribution in [2.75, 3.05) is 13.1 Å². The molecule has 1 aromatic carbocycles.